The van der Waals surface area contributed by atoms with Gasteiger partial charge in [0.2, 0.25) is 11.6 Å². The highest BCUT2D eigenvalue weighted by molar-refractivity contribution is 5.77. The third-order valence-electron chi connectivity index (χ3n) is 5.27. The normalized spacial score (nSPS) is 10.7. The number of hydrogen-bond donors (Lipinski definition) is 2. The van der Waals surface area contributed by atoms with Crippen LogP contribution in [-0.4, -0.2) is 14.9 Å². The molecule has 1 aromatic heterocycles. The number of azo groups is 1. The fourth-order valence-electron chi connectivity index (χ4n) is 3.46. The number of nitro groups is 1. The van der Waals surface area contributed by atoms with Crippen molar-refractivity contribution in [2.45, 2.75) is 0 Å². The van der Waals surface area contributed by atoms with Gasteiger partial charge in [-0.3, -0.25) is 10.1 Å². The number of nitrogens with zero attached hydrogens (tertiary/aromatic N) is 5. The molecule has 5 rings (SSSR count). The molecule has 0 bridgehead atoms. The van der Waals surface area contributed by atoms with E-state index in [0.29, 0.717) is 28.6 Å². The fraction of sp³-hybridized carbons (Fsp3) is 0. The molecule has 0 aliphatic heterocycles. The summed E-state index contributed by atoms with van der Waals surface area (Å²) in [5, 5.41) is 26.3. The lowest BCUT2D eigenvalue weighted by atomic mass is 10.2. The van der Waals surface area contributed by atoms with Crippen LogP contribution in [0.25, 0.3) is 0 Å². The zero-order chi connectivity index (χ0) is 26.2. The minimum absolute atomic E-state index is 0.0511. The van der Waals surface area contributed by atoms with Crippen molar-refractivity contribution in [3.8, 4) is 11.5 Å². The highest BCUT2D eigenvalue weighted by Crippen LogP contribution is 2.34. The van der Waals surface area contributed by atoms with Gasteiger partial charge in [0.25, 0.3) is 0 Å². The maximum Gasteiger partial charge on any atom is 0.353 e. The van der Waals surface area contributed by atoms with Gasteiger partial charge in [-0.05, 0) is 72.8 Å². The van der Waals surface area contributed by atoms with Gasteiger partial charge in [-0.15, -0.1) is 0 Å². The van der Waals surface area contributed by atoms with Crippen molar-refractivity contribution < 1.29 is 9.66 Å². The Morgan fingerprint density at radius 2 is 1.11 bits per heavy atom. The lowest BCUT2D eigenvalue weighted by Gasteiger charge is -2.11. The molecular weight excluding hydrogens is 482 g/mol. The molecule has 10 heteroatoms. The van der Waals surface area contributed by atoms with Crippen molar-refractivity contribution >= 4 is 40.1 Å². The molecule has 1 heterocycles. The van der Waals surface area contributed by atoms with Crippen LogP contribution in [0.1, 0.15) is 0 Å². The van der Waals surface area contributed by atoms with Gasteiger partial charge in [-0.2, -0.15) is 10.2 Å². The van der Waals surface area contributed by atoms with Crippen LogP contribution in [-0.2, 0) is 0 Å². The summed E-state index contributed by atoms with van der Waals surface area (Å²) in [4.78, 5) is 19.6. The Hall–Kier alpha value is -5.64. The van der Waals surface area contributed by atoms with Gasteiger partial charge >= 0.3 is 5.69 Å². The van der Waals surface area contributed by atoms with Crippen molar-refractivity contribution in [3.05, 3.63) is 126 Å². The molecule has 5 aromatic rings. The Morgan fingerprint density at radius 1 is 0.632 bits per heavy atom. The van der Waals surface area contributed by atoms with Crippen molar-refractivity contribution in [1.29, 1.82) is 0 Å². The maximum atomic E-state index is 12.0. The number of nitrogens with one attached hydrogen (secondary N) is 2. The number of benzene rings is 4. The Bertz CT molecular complexity index is 1540. The second kappa shape index (κ2) is 11.4. The molecule has 0 saturated carbocycles. The van der Waals surface area contributed by atoms with E-state index in [1.807, 2.05) is 60.7 Å². The van der Waals surface area contributed by atoms with Crippen LogP contribution in [0.2, 0.25) is 0 Å². The topological polar surface area (TPSA) is 127 Å². The molecular formula is C28H21N7O3. The van der Waals surface area contributed by atoms with Crippen molar-refractivity contribution in [3.63, 3.8) is 0 Å². The minimum Gasteiger partial charge on any atom is -0.457 e. The Kier molecular flexibility index (Phi) is 7.22. The molecule has 38 heavy (non-hydrogen) atoms. The second-order valence-electron chi connectivity index (χ2n) is 7.95. The van der Waals surface area contributed by atoms with Crippen LogP contribution in [0, 0.1) is 10.1 Å². The van der Waals surface area contributed by atoms with Crippen LogP contribution in [0.5, 0.6) is 11.5 Å². The summed E-state index contributed by atoms with van der Waals surface area (Å²) < 4.78 is 5.79. The summed E-state index contributed by atoms with van der Waals surface area (Å²) in [6, 6.07) is 32.8. The Morgan fingerprint density at radius 3 is 1.66 bits per heavy atom. The summed E-state index contributed by atoms with van der Waals surface area (Å²) >= 11 is 0. The van der Waals surface area contributed by atoms with Crippen LogP contribution in [0.4, 0.5) is 40.1 Å². The smallest absolute Gasteiger partial charge is 0.353 e. The number of aromatic nitrogens is 2. The predicted octanol–water partition coefficient (Wildman–Crippen LogP) is 8.08. The first-order valence-corrected chi connectivity index (χ1v) is 11.6. The van der Waals surface area contributed by atoms with E-state index in [1.165, 1.54) is 6.33 Å². The molecule has 10 nitrogen and oxygen atoms in total. The van der Waals surface area contributed by atoms with E-state index in [4.69, 9.17) is 4.74 Å². The van der Waals surface area contributed by atoms with Gasteiger partial charge in [0, 0.05) is 11.4 Å². The summed E-state index contributed by atoms with van der Waals surface area (Å²) in [5.41, 5.74) is 2.29. The molecule has 0 amide bonds. The summed E-state index contributed by atoms with van der Waals surface area (Å²) in [6.07, 6.45) is 1.26. The van der Waals surface area contributed by atoms with E-state index in [0.717, 1.165) is 5.69 Å². The van der Waals surface area contributed by atoms with Crippen molar-refractivity contribution in [2.24, 2.45) is 10.2 Å². The zero-order valence-electron chi connectivity index (χ0n) is 19.9. The summed E-state index contributed by atoms with van der Waals surface area (Å²) in [7, 11) is 0. The number of hydrogen-bond acceptors (Lipinski definition) is 9. The highest BCUT2D eigenvalue weighted by Gasteiger charge is 2.23. The van der Waals surface area contributed by atoms with Crippen molar-refractivity contribution in [2.75, 3.05) is 10.6 Å². The minimum atomic E-state index is -0.528. The number of para-hydroxylation sites is 1. The van der Waals surface area contributed by atoms with Gasteiger partial charge in [0.1, 0.15) is 17.8 Å². The van der Waals surface area contributed by atoms with Crippen LogP contribution >= 0.6 is 0 Å². The van der Waals surface area contributed by atoms with Gasteiger partial charge in [-0.1, -0.05) is 36.4 Å². The lowest BCUT2D eigenvalue weighted by molar-refractivity contribution is -0.383. The van der Waals surface area contributed by atoms with Gasteiger partial charge < -0.3 is 15.4 Å². The first kappa shape index (κ1) is 24.1. The first-order valence-electron chi connectivity index (χ1n) is 11.6. The second-order valence-corrected chi connectivity index (χ2v) is 7.95. The van der Waals surface area contributed by atoms with E-state index in [-0.39, 0.29) is 17.3 Å². The van der Waals surface area contributed by atoms with E-state index >= 15 is 0 Å². The number of ether oxygens (including phenoxy) is 1. The number of anilines is 4. The fourth-order valence-corrected chi connectivity index (χ4v) is 3.46. The third-order valence-corrected chi connectivity index (χ3v) is 5.27. The third kappa shape index (κ3) is 6.13. The maximum absolute atomic E-state index is 12.0. The average molecular weight is 504 g/mol. The molecule has 4 aromatic carbocycles. The predicted molar refractivity (Wildman–Crippen MR) is 145 cm³/mol. The zero-order valence-corrected chi connectivity index (χ0v) is 19.9. The summed E-state index contributed by atoms with van der Waals surface area (Å²) in [5.74, 6) is 1.45. The molecule has 2 N–H and O–H groups in total. The monoisotopic (exact) mass is 503 g/mol. The molecule has 0 aliphatic carbocycles. The first-order chi connectivity index (χ1) is 18.6. The Balaban J connectivity index is 1.30. The van der Waals surface area contributed by atoms with Crippen molar-refractivity contribution in [1.82, 2.24) is 9.97 Å². The molecule has 0 unspecified atom stereocenters. The van der Waals surface area contributed by atoms with E-state index < -0.39 is 4.92 Å². The van der Waals surface area contributed by atoms with E-state index in [2.05, 4.69) is 30.8 Å². The van der Waals surface area contributed by atoms with Crippen LogP contribution in [0.15, 0.2) is 126 Å². The highest BCUT2D eigenvalue weighted by atomic mass is 16.6. The summed E-state index contributed by atoms with van der Waals surface area (Å²) in [6.45, 7) is 0. The molecule has 0 spiro atoms. The van der Waals surface area contributed by atoms with E-state index in [9.17, 15) is 10.1 Å². The molecule has 0 aliphatic rings. The van der Waals surface area contributed by atoms with Gasteiger partial charge in [-0.25, -0.2) is 9.97 Å². The molecule has 0 fully saturated rings. The Labute approximate surface area is 217 Å². The van der Waals surface area contributed by atoms with Gasteiger partial charge in [0.15, 0.2) is 0 Å². The molecule has 186 valence electrons. The SMILES string of the molecule is O=[N+]([O-])c1c(Nc2ccc(N=Nc3ccccc3)cc2)ncnc1Nc1ccc(Oc2ccccc2)cc1. The standard InChI is InChI=1S/C28H21N7O3/c36-35(37)26-27(31-20-11-13-23(14-12-20)34-33-22-7-3-1-4-8-22)29-19-30-28(26)32-21-15-17-25(18-16-21)38-24-9-5-2-6-10-24/h1-19H,(H2,29,30,31,32). The molecule has 0 atom stereocenters. The lowest BCUT2D eigenvalue weighted by Crippen LogP contribution is -2.05. The quantitative estimate of drug-likeness (QED) is 0.118. The molecule has 0 radical (unpaired) electrons. The van der Waals surface area contributed by atoms with Crippen LogP contribution in [0.3, 0.4) is 0 Å². The largest absolute Gasteiger partial charge is 0.457 e. The van der Waals surface area contributed by atoms with E-state index in [1.54, 1.807) is 48.5 Å². The number of rotatable bonds is 9. The average Bonchev–Trinajstić information content (AvgIpc) is 2.95. The van der Waals surface area contributed by atoms with Crippen LogP contribution < -0.4 is 15.4 Å². The molecule has 0 saturated heterocycles. The van der Waals surface area contributed by atoms with Gasteiger partial charge in [0.05, 0.1) is 16.3 Å².